The van der Waals surface area contributed by atoms with E-state index in [2.05, 4.69) is 10.4 Å². The number of hydrogen-bond donors (Lipinski definition) is 2. The number of amides is 3. The number of urea groups is 1. The van der Waals surface area contributed by atoms with Gasteiger partial charge in [-0.05, 0) is 25.0 Å². The number of alkyl halides is 2. The molecule has 2 aliphatic rings. The van der Waals surface area contributed by atoms with E-state index < -0.39 is 18.3 Å². The fourth-order valence-electron chi connectivity index (χ4n) is 3.85. The van der Waals surface area contributed by atoms with Crippen LogP contribution < -0.4 is 11.1 Å². The molecule has 1 aliphatic carbocycles. The molecule has 3 amide bonds. The van der Waals surface area contributed by atoms with Crippen molar-refractivity contribution in [2.75, 3.05) is 6.54 Å². The monoisotopic (exact) mass is 457 g/mol. The number of nitrogens with one attached hydrogen (secondary N) is 1. The Kier molecular flexibility index (Phi) is 5.59. The Morgan fingerprint density at radius 2 is 1.93 bits per heavy atom. The van der Waals surface area contributed by atoms with Gasteiger partial charge >= 0.3 is 6.03 Å². The van der Waals surface area contributed by atoms with Crippen LogP contribution in [0.4, 0.5) is 13.6 Å². The number of carbonyl (C=O) groups is 2. The number of fused-ring (bicyclic) bond motifs is 1. The Bertz CT molecular complexity index is 1010. The third kappa shape index (κ3) is 3.83. The van der Waals surface area contributed by atoms with Gasteiger partial charge in [-0.15, -0.1) is 0 Å². The van der Waals surface area contributed by atoms with Crippen molar-refractivity contribution in [2.24, 2.45) is 11.7 Å². The van der Waals surface area contributed by atoms with E-state index >= 15 is 0 Å². The van der Waals surface area contributed by atoms with E-state index in [4.69, 9.17) is 28.9 Å². The second kappa shape index (κ2) is 8.03. The van der Waals surface area contributed by atoms with Crippen LogP contribution in [-0.2, 0) is 13.1 Å². The molecular formula is C19H19Cl2F2N5O2. The summed E-state index contributed by atoms with van der Waals surface area (Å²) in [6.45, 7) is 0.864. The quantitative estimate of drug-likeness (QED) is 0.735. The topological polar surface area (TPSA) is 93.2 Å². The van der Waals surface area contributed by atoms with Crippen molar-refractivity contribution in [1.29, 1.82) is 0 Å². The molecule has 1 aromatic carbocycles. The molecule has 4 rings (SSSR count). The summed E-state index contributed by atoms with van der Waals surface area (Å²) >= 11 is 12.1. The Morgan fingerprint density at radius 3 is 2.57 bits per heavy atom. The molecule has 1 aromatic heterocycles. The number of rotatable bonds is 4. The fraction of sp³-hybridized carbons (Fsp3) is 0.421. The fourth-order valence-corrected chi connectivity index (χ4v) is 4.14. The Balaban J connectivity index is 1.54. The number of hydrogen-bond acceptors (Lipinski definition) is 3. The molecule has 0 spiro atoms. The number of primary amides is 1. The van der Waals surface area contributed by atoms with E-state index in [1.807, 2.05) is 0 Å². The largest absolute Gasteiger partial charge is 0.365 e. The Hall–Kier alpha value is -2.39. The second-order valence-corrected chi connectivity index (χ2v) is 8.33. The van der Waals surface area contributed by atoms with Gasteiger partial charge in [0.25, 0.3) is 5.91 Å². The molecule has 3 N–H and O–H groups in total. The average Bonchev–Trinajstić information content (AvgIpc) is 3.04. The zero-order valence-electron chi connectivity index (χ0n) is 15.7. The predicted molar refractivity (Wildman–Crippen MR) is 108 cm³/mol. The lowest BCUT2D eigenvalue weighted by molar-refractivity contribution is 0.0169. The van der Waals surface area contributed by atoms with E-state index in [-0.39, 0.29) is 37.0 Å². The number of halogens is 4. The summed E-state index contributed by atoms with van der Waals surface area (Å²) in [5, 5.41) is 7.97. The number of carbonyl (C=O) groups excluding carboxylic acids is 2. The molecule has 1 aliphatic heterocycles. The lowest BCUT2D eigenvalue weighted by Gasteiger charge is -2.37. The molecule has 160 valence electrons. The van der Waals surface area contributed by atoms with Crippen LogP contribution in [0.1, 0.15) is 28.9 Å². The Morgan fingerprint density at radius 1 is 1.20 bits per heavy atom. The minimum atomic E-state index is -2.36. The average molecular weight is 458 g/mol. The van der Waals surface area contributed by atoms with Crippen LogP contribution in [0, 0.1) is 5.92 Å². The van der Waals surface area contributed by atoms with E-state index in [1.54, 1.807) is 22.9 Å². The smallest absolute Gasteiger partial charge is 0.318 e. The standard InChI is InChI=1S/C19H19Cl2F2N5O2/c20-12-2-1-9(7-13(12)21)16-15(18(24)29)14-8-27(3-4-28(14)26-16)19(30)25-11-5-10(6-11)17(22)23/h1-2,7,10-11,17H,3-6,8H2,(H2,24,29)(H,25,30). The molecule has 0 unspecified atom stereocenters. The van der Waals surface area contributed by atoms with Gasteiger partial charge in [-0.2, -0.15) is 5.10 Å². The molecule has 30 heavy (non-hydrogen) atoms. The normalized spacial score (nSPS) is 20.6. The lowest BCUT2D eigenvalue weighted by atomic mass is 9.80. The van der Waals surface area contributed by atoms with Gasteiger partial charge in [0, 0.05) is 24.1 Å². The summed E-state index contributed by atoms with van der Waals surface area (Å²) in [6, 6.07) is 4.28. The minimum absolute atomic E-state index is 0.128. The van der Waals surface area contributed by atoms with Crippen LogP contribution in [0.25, 0.3) is 11.3 Å². The summed E-state index contributed by atoms with van der Waals surface area (Å²) < 4.78 is 26.9. The lowest BCUT2D eigenvalue weighted by Crippen LogP contribution is -2.52. The SMILES string of the molecule is NC(=O)c1c(-c2ccc(Cl)c(Cl)c2)nn2c1CN(C(=O)NC1CC(C(F)F)C1)CC2. The third-order valence-corrected chi connectivity index (χ3v) is 6.30. The van der Waals surface area contributed by atoms with Crippen molar-refractivity contribution in [3.63, 3.8) is 0 Å². The Labute approximate surface area is 181 Å². The van der Waals surface area contributed by atoms with Crippen LogP contribution in [-0.4, -0.2) is 45.6 Å². The summed E-state index contributed by atoms with van der Waals surface area (Å²) in [6.07, 6.45) is -1.83. The van der Waals surface area contributed by atoms with Gasteiger partial charge in [0.05, 0.1) is 34.4 Å². The summed E-state index contributed by atoms with van der Waals surface area (Å²) in [4.78, 5) is 26.3. The predicted octanol–water partition coefficient (Wildman–Crippen LogP) is 3.52. The van der Waals surface area contributed by atoms with Crippen molar-refractivity contribution in [1.82, 2.24) is 20.0 Å². The number of nitrogens with zero attached hydrogens (tertiary/aromatic N) is 3. The molecule has 11 heteroatoms. The van der Waals surface area contributed by atoms with Crippen LogP contribution >= 0.6 is 23.2 Å². The maximum absolute atomic E-state index is 12.6. The van der Waals surface area contributed by atoms with Crippen molar-refractivity contribution in [3.8, 4) is 11.3 Å². The highest BCUT2D eigenvalue weighted by Crippen LogP contribution is 2.34. The zero-order chi connectivity index (χ0) is 21.6. The first kappa shape index (κ1) is 20.9. The molecule has 2 heterocycles. The molecule has 0 radical (unpaired) electrons. The van der Waals surface area contributed by atoms with Gasteiger partial charge in [-0.1, -0.05) is 29.3 Å². The first-order valence-corrected chi connectivity index (χ1v) is 10.2. The number of nitrogens with two attached hydrogens (primary N) is 1. The highest BCUT2D eigenvalue weighted by molar-refractivity contribution is 6.42. The van der Waals surface area contributed by atoms with Gasteiger partial charge < -0.3 is 16.0 Å². The van der Waals surface area contributed by atoms with Crippen LogP contribution in [0.3, 0.4) is 0 Å². The molecule has 7 nitrogen and oxygen atoms in total. The first-order chi connectivity index (χ1) is 14.2. The minimum Gasteiger partial charge on any atom is -0.365 e. The highest BCUT2D eigenvalue weighted by Gasteiger charge is 2.37. The molecule has 0 atom stereocenters. The van der Waals surface area contributed by atoms with E-state index in [0.29, 0.717) is 40.1 Å². The van der Waals surface area contributed by atoms with Gasteiger partial charge in [0.15, 0.2) is 0 Å². The highest BCUT2D eigenvalue weighted by atomic mass is 35.5. The third-order valence-electron chi connectivity index (χ3n) is 5.57. The van der Waals surface area contributed by atoms with Gasteiger partial charge in [-0.3, -0.25) is 9.48 Å². The maximum atomic E-state index is 12.6. The first-order valence-electron chi connectivity index (χ1n) is 9.43. The zero-order valence-corrected chi connectivity index (χ0v) is 17.3. The maximum Gasteiger partial charge on any atom is 0.318 e. The summed E-state index contributed by atoms with van der Waals surface area (Å²) in [7, 11) is 0. The van der Waals surface area contributed by atoms with Gasteiger partial charge in [0.1, 0.15) is 5.69 Å². The molecule has 0 bridgehead atoms. The van der Waals surface area contributed by atoms with Gasteiger partial charge in [0.2, 0.25) is 6.43 Å². The summed E-state index contributed by atoms with van der Waals surface area (Å²) in [5.41, 5.74) is 7.32. The molecular weight excluding hydrogens is 439 g/mol. The number of aromatic nitrogens is 2. The van der Waals surface area contributed by atoms with Crippen molar-refractivity contribution in [2.45, 2.75) is 38.4 Å². The van der Waals surface area contributed by atoms with Crippen LogP contribution in [0.2, 0.25) is 10.0 Å². The summed E-state index contributed by atoms with van der Waals surface area (Å²) in [5.74, 6) is -1.33. The van der Waals surface area contributed by atoms with Crippen molar-refractivity contribution in [3.05, 3.63) is 39.5 Å². The van der Waals surface area contributed by atoms with Crippen LogP contribution in [0.5, 0.6) is 0 Å². The van der Waals surface area contributed by atoms with Crippen molar-refractivity contribution < 1.29 is 18.4 Å². The van der Waals surface area contributed by atoms with E-state index in [9.17, 15) is 18.4 Å². The number of benzene rings is 1. The van der Waals surface area contributed by atoms with E-state index in [0.717, 1.165) is 0 Å². The molecule has 2 aromatic rings. The second-order valence-electron chi connectivity index (χ2n) is 7.52. The van der Waals surface area contributed by atoms with Gasteiger partial charge in [-0.25, -0.2) is 13.6 Å². The van der Waals surface area contributed by atoms with E-state index in [1.165, 1.54) is 4.90 Å². The van der Waals surface area contributed by atoms with Crippen LogP contribution in [0.15, 0.2) is 18.2 Å². The molecule has 1 fully saturated rings. The molecule has 0 saturated heterocycles. The molecule has 1 saturated carbocycles. The van der Waals surface area contributed by atoms with Crippen molar-refractivity contribution >= 4 is 35.1 Å².